The van der Waals surface area contributed by atoms with Gasteiger partial charge in [-0.1, -0.05) is 18.2 Å². The fourth-order valence-electron chi connectivity index (χ4n) is 2.19. The lowest BCUT2D eigenvalue weighted by molar-refractivity contribution is 0.0540. The molecule has 0 aliphatic rings. The Morgan fingerprint density at radius 2 is 1.92 bits per heavy atom. The van der Waals surface area contributed by atoms with Crippen LogP contribution in [0.5, 0.6) is 0 Å². The van der Waals surface area contributed by atoms with Crippen LogP contribution in [-0.2, 0) is 11.2 Å². The number of amides is 2. The highest BCUT2D eigenvalue weighted by Crippen LogP contribution is 2.13. The van der Waals surface area contributed by atoms with Crippen LogP contribution in [0.25, 0.3) is 0 Å². The molecular formula is C18H25N5O3. The lowest BCUT2D eigenvalue weighted by atomic mass is 10.2. The summed E-state index contributed by atoms with van der Waals surface area (Å²) in [5.74, 6) is 0.0871. The second-order valence-electron chi connectivity index (χ2n) is 6.79. The molecule has 1 heterocycles. The van der Waals surface area contributed by atoms with Gasteiger partial charge in [-0.3, -0.25) is 0 Å². The van der Waals surface area contributed by atoms with Gasteiger partial charge in [-0.25, -0.2) is 19.1 Å². The molecular weight excluding hydrogens is 334 g/mol. The van der Waals surface area contributed by atoms with Crippen molar-refractivity contribution in [3.63, 3.8) is 0 Å². The Kier molecular flexibility index (Phi) is 6.21. The molecule has 2 aromatic rings. The number of nitrogens with one attached hydrogen (secondary N) is 2. The molecule has 0 saturated heterocycles. The minimum Gasteiger partial charge on any atom is -0.443 e. The van der Waals surface area contributed by atoms with Crippen LogP contribution in [0.15, 0.2) is 36.5 Å². The normalized spacial score (nSPS) is 11.0. The largest absolute Gasteiger partial charge is 0.443 e. The van der Waals surface area contributed by atoms with Gasteiger partial charge in [0, 0.05) is 18.4 Å². The Morgan fingerprint density at radius 1 is 1.23 bits per heavy atom. The van der Waals surface area contributed by atoms with Crippen LogP contribution >= 0.6 is 0 Å². The number of ether oxygens (including phenoxy) is 1. The lowest BCUT2D eigenvalue weighted by Crippen LogP contribution is -2.29. The molecule has 26 heavy (non-hydrogen) atoms. The molecule has 0 atom stereocenters. The molecule has 4 N–H and O–H groups in total. The molecule has 1 aromatic carbocycles. The highest BCUT2D eigenvalue weighted by Gasteiger charge is 2.20. The maximum atomic E-state index is 12.0. The van der Waals surface area contributed by atoms with E-state index in [0.717, 1.165) is 5.69 Å². The number of para-hydroxylation sites is 1. The quantitative estimate of drug-likeness (QED) is 0.711. The first kappa shape index (κ1) is 19.3. The van der Waals surface area contributed by atoms with Crippen LogP contribution in [0.3, 0.4) is 0 Å². The number of carbonyl (C=O) groups excluding carboxylic acids is 2. The van der Waals surface area contributed by atoms with E-state index in [-0.39, 0.29) is 12.0 Å². The van der Waals surface area contributed by atoms with Gasteiger partial charge in [0.1, 0.15) is 5.60 Å². The number of carbonyl (C=O) groups is 2. The predicted molar refractivity (Wildman–Crippen MR) is 100 cm³/mol. The molecule has 0 saturated carbocycles. The van der Waals surface area contributed by atoms with Crippen molar-refractivity contribution in [2.24, 2.45) is 0 Å². The van der Waals surface area contributed by atoms with Crippen LogP contribution in [0.2, 0.25) is 0 Å². The van der Waals surface area contributed by atoms with Crippen LogP contribution < -0.4 is 16.4 Å². The third kappa shape index (κ3) is 6.12. The van der Waals surface area contributed by atoms with E-state index in [4.69, 9.17) is 10.5 Å². The third-order valence-corrected chi connectivity index (χ3v) is 3.30. The number of nitrogens with two attached hydrogens (primary N) is 1. The minimum atomic E-state index is -0.607. The zero-order chi connectivity index (χ0) is 19.2. The van der Waals surface area contributed by atoms with Gasteiger partial charge in [0.2, 0.25) is 5.95 Å². The number of nitrogen functional groups attached to an aromatic ring is 1. The molecule has 2 rings (SSSR count). The number of aromatic nitrogens is 2. The van der Waals surface area contributed by atoms with Crippen molar-refractivity contribution in [3.8, 4) is 0 Å². The average Bonchev–Trinajstić information content (AvgIpc) is 2.92. The number of anilines is 2. The third-order valence-electron chi connectivity index (χ3n) is 3.30. The summed E-state index contributed by atoms with van der Waals surface area (Å²) in [6.07, 6.45) is 2.24. The van der Waals surface area contributed by atoms with Crippen molar-refractivity contribution in [3.05, 3.63) is 42.2 Å². The van der Waals surface area contributed by atoms with Gasteiger partial charge in [-0.05, 0) is 45.7 Å². The second-order valence-corrected chi connectivity index (χ2v) is 6.79. The average molecular weight is 359 g/mol. The number of nitrogens with zero attached hydrogens (tertiary/aromatic N) is 2. The fourth-order valence-corrected chi connectivity index (χ4v) is 2.19. The van der Waals surface area contributed by atoms with E-state index in [1.165, 1.54) is 4.57 Å². The first-order chi connectivity index (χ1) is 12.2. The van der Waals surface area contributed by atoms with Gasteiger partial charge in [-0.15, -0.1) is 0 Å². The number of imidazole rings is 1. The van der Waals surface area contributed by atoms with Crippen molar-refractivity contribution in [1.82, 2.24) is 14.9 Å². The zero-order valence-corrected chi connectivity index (χ0v) is 15.3. The van der Waals surface area contributed by atoms with Crippen LogP contribution in [0.4, 0.5) is 21.2 Å². The SMILES string of the molecule is CC(C)(C)OC(=O)n1cc(CCCNC(=O)Nc2ccccc2)nc1N. The maximum Gasteiger partial charge on any atom is 0.421 e. The molecule has 0 spiro atoms. The summed E-state index contributed by atoms with van der Waals surface area (Å²) in [7, 11) is 0. The van der Waals surface area contributed by atoms with Gasteiger partial charge in [0.15, 0.2) is 0 Å². The minimum absolute atomic E-state index is 0.0871. The van der Waals surface area contributed by atoms with E-state index >= 15 is 0 Å². The van der Waals surface area contributed by atoms with Crippen LogP contribution in [-0.4, -0.2) is 33.8 Å². The summed E-state index contributed by atoms with van der Waals surface area (Å²) in [4.78, 5) is 28.0. The summed E-state index contributed by atoms with van der Waals surface area (Å²) >= 11 is 0. The van der Waals surface area contributed by atoms with Gasteiger partial charge in [0.25, 0.3) is 0 Å². The standard InChI is InChI=1S/C18H25N5O3/c1-18(2,3)26-17(25)23-12-14(21-15(23)19)10-7-11-20-16(24)22-13-8-5-4-6-9-13/h4-6,8-9,12H,7,10-11H2,1-3H3,(H2,19,21)(H2,20,22,24). The molecule has 0 fully saturated rings. The lowest BCUT2D eigenvalue weighted by Gasteiger charge is -2.19. The summed E-state index contributed by atoms with van der Waals surface area (Å²) in [6, 6.07) is 8.93. The Balaban J connectivity index is 1.77. The molecule has 8 heteroatoms. The fraction of sp³-hybridized carbons (Fsp3) is 0.389. The van der Waals surface area contributed by atoms with Crippen molar-refractivity contribution < 1.29 is 14.3 Å². The number of hydrogen-bond donors (Lipinski definition) is 3. The zero-order valence-electron chi connectivity index (χ0n) is 15.3. The number of hydrogen-bond acceptors (Lipinski definition) is 5. The number of urea groups is 1. The van der Waals surface area contributed by atoms with E-state index in [1.54, 1.807) is 27.0 Å². The van der Waals surface area contributed by atoms with Crippen LogP contribution in [0.1, 0.15) is 32.9 Å². The highest BCUT2D eigenvalue weighted by molar-refractivity contribution is 5.89. The van der Waals surface area contributed by atoms with E-state index in [1.807, 2.05) is 30.3 Å². The maximum absolute atomic E-state index is 12.0. The molecule has 0 aliphatic carbocycles. The molecule has 0 bridgehead atoms. The van der Waals surface area contributed by atoms with E-state index < -0.39 is 11.7 Å². The van der Waals surface area contributed by atoms with Crippen molar-refractivity contribution in [2.75, 3.05) is 17.6 Å². The molecule has 8 nitrogen and oxygen atoms in total. The molecule has 1 aromatic heterocycles. The van der Waals surface area contributed by atoms with Crippen LogP contribution in [0, 0.1) is 0 Å². The Hall–Kier alpha value is -3.03. The van der Waals surface area contributed by atoms with Gasteiger partial charge >= 0.3 is 12.1 Å². The molecule has 0 aliphatic heterocycles. The highest BCUT2D eigenvalue weighted by atomic mass is 16.6. The van der Waals surface area contributed by atoms with Crippen molar-refractivity contribution >= 4 is 23.8 Å². The van der Waals surface area contributed by atoms with E-state index in [9.17, 15) is 9.59 Å². The number of benzene rings is 1. The van der Waals surface area contributed by atoms with Gasteiger partial charge in [0.05, 0.1) is 5.69 Å². The van der Waals surface area contributed by atoms with E-state index in [0.29, 0.717) is 25.1 Å². The van der Waals surface area contributed by atoms with Crippen molar-refractivity contribution in [2.45, 2.75) is 39.2 Å². The molecule has 0 unspecified atom stereocenters. The monoisotopic (exact) mass is 359 g/mol. The number of rotatable bonds is 5. The summed E-state index contributed by atoms with van der Waals surface area (Å²) in [5, 5.41) is 5.51. The van der Waals surface area contributed by atoms with Gasteiger partial charge < -0.3 is 21.1 Å². The Bertz CT molecular complexity index is 750. The molecule has 0 radical (unpaired) electrons. The van der Waals surface area contributed by atoms with Crippen molar-refractivity contribution in [1.29, 1.82) is 0 Å². The smallest absolute Gasteiger partial charge is 0.421 e. The summed E-state index contributed by atoms with van der Waals surface area (Å²) in [5.41, 5.74) is 6.56. The topological polar surface area (TPSA) is 111 Å². The Labute approximate surface area is 152 Å². The summed E-state index contributed by atoms with van der Waals surface area (Å²) < 4.78 is 6.46. The first-order valence-corrected chi connectivity index (χ1v) is 8.41. The second kappa shape index (κ2) is 8.37. The van der Waals surface area contributed by atoms with E-state index in [2.05, 4.69) is 15.6 Å². The first-order valence-electron chi connectivity index (χ1n) is 8.41. The number of aryl methyl sites for hydroxylation is 1. The molecule has 2 amide bonds. The molecule has 140 valence electrons. The Morgan fingerprint density at radius 3 is 2.58 bits per heavy atom. The summed E-state index contributed by atoms with van der Waals surface area (Å²) in [6.45, 7) is 5.82. The van der Waals surface area contributed by atoms with Gasteiger partial charge in [-0.2, -0.15) is 0 Å². The predicted octanol–water partition coefficient (Wildman–Crippen LogP) is 3.00.